The van der Waals surface area contributed by atoms with Crippen LogP contribution in [0.1, 0.15) is 25.3 Å². The second kappa shape index (κ2) is 7.12. The van der Waals surface area contributed by atoms with E-state index in [0.29, 0.717) is 23.8 Å². The average Bonchev–Trinajstić information content (AvgIpc) is 2.30. The molecule has 1 atom stereocenters. The minimum Gasteiger partial charge on any atom is -0.492 e. The van der Waals surface area contributed by atoms with Crippen LogP contribution in [0.25, 0.3) is 0 Å². The highest BCUT2D eigenvalue weighted by atomic mass is 35.5. The van der Waals surface area contributed by atoms with E-state index in [1.807, 2.05) is 26.0 Å². The second-order valence-corrected chi connectivity index (χ2v) is 6.97. The maximum atomic E-state index is 10.8. The number of ether oxygens (including phenoxy) is 1. The van der Waals surface area contributed by atoms with E-state index in [-0.39, 0.29) is 11.7 Å². The number of halogens is 1. The molecule has 0 radical (unpaired) electrons. The quantitative estimate of drug-likeness (QED) is 0.842. The Morgan fingerprint density at radius 2 is 2.05 bits per heavy atom. The smallest absolute Gasteiger partial charge is 0.209 e. The van der Waals surface area contributed by atoms with Gasteiger partial charge in [-0.05, 0) is 43.4 Å². The van der Waals surface area contributed by atoms with Crippen LogP contribution in [-0.4, -0.2) is 20.8 Å². The Kier molecular flexibility index (Phi) is 6.10. The van der Waals surface area contributed by atoms with Crippen molar-refractivity contribution in [3.8, 4) is 5.75 Å². The van der Waals surface area contributed by atoms with Gasteiger partial charge in [0.1, 0.15) is 5.75 Å². The topological polar surface area (TPSA) is 69.4 Å². The Morgan fingerprint density at radius 3 is 2.68 bits per heavy atom. The normalized spacial score (nSPS) is 13.3. The highest BCUT2D eigenvalue weighted by Gasteiger charge is 2.09. The van der Waals surface area contributed by atoms with Gasteiger partial charge in [0, 0.05) is 0 Å². The molecule has 1 unspecified atom stereocenters. The van der Waals surface area contributed by atoms with Gasteiger partial charge in [0.15, 0.2) is 0 Å². The Bertz CT molecular complexity index is 517. The number of primary sulfonamides is 1. The van der Waals surface area contributed by atoms with Crippen LogP contribution in [0.4, 0.5) is 0 Å². The third-order valence-corrected chi connectivity index (χ3v) is 3.97. The Labute approximate surface area is 120 Å². The van der Waals surface area contributed by atoms with Crippen LogP contribution in [0, 0.1) is 12.8 Å². The molecule has 1 rings (SSSR count). The molecular weight excluding hydrogens is 286 g/mol. The number of hydrogen-bond donors (Lipinski definition) is 1. The van der Waals surface area contributed by atoms with Crippen molar-refractivity contribution >= 4 is 21.6 Å². The Morgan fingerprint density at radius 1 is 1.37 bits per heavy atom. The molecule has 0 fully saturated rings. The maximum absolute atomic E-state index is 10.8. The van der Waals surface area contributed by atoms with Crippen molar-refractivity contribution in [2.24, 2.45) is 11.1 Å². The lowest BCUT2D eigenvalue weighted by Gasteiger charge is -2.13. The fraction of sp³-hybridized carbons (Fsp3) is 0.538. The summed E-state index contributed by atoms with van der Waals surface area (Å²) in [5, 5.41) is 5.55. The summed E-state index contributed by atoms with van der Waals surface area (Å²) in [4.78, 5) is 0. The molecule has 0 spiro atoms. The summed E-state index contributed by atoms with van der Waals surface area (Å²) in [6, 6.07) is 5.61. The van der Waals surface area contributed by atoms with Gasteiger partial charge in [0.05, 0.1) is 17.4 Å². The molecule has 0 aliphatic rings. The zero-order valence-electron chi connectivity index (χ0n) is 11.2. The van der Waals surface area contributed by atoms with Gasteiger partial charge in [0.2, 0.25) is 10.0 Å². The van der Waals surface area contributed by atoms with Crippen LogP contribution >= 0.6 is 11.6 Å². The summed E-state index contributed by atoms with van der Waals surface area (Å²) in [5.41, 5.74) is 1.08. The zero-order chi connectivity index (χ0) is 14.5. The van der Waals surface area contributed by atoms with Crippen LogP contribution in [0.15, 0.2) is 18.2 Å². The molecule has 6 heteroatoms. The summed E-state index contributed by atoms with van der Waals surface area (Å²) in [5.74, 6) is 0.918. The molecule has 0 amide bonds. The molecule has 4 nitrogen and oxygen atoms in total. The Balaban J connectivity index is 2.35. The monoisotopic (exact) mass is 305 g/mol. The van der Waals surface area contributed by atoms with Crippen molar-refractivity contribution in [3.63, 3.8) is 0 Å². The molecule has 0 aromatic heterocycles. The van der Waals surface area contributed by atoms with E-state index in [1.54, 1.807) is 6.07 Å². The molecular formula is C13H20ClNO3S. The number of hydrogen-bond acceptors (Lipinski definition) is 3. The lowest BCUT2D eigenvalue weighted by Crippen LogP contribution is -2.18. The minimum atomic E-state index is -3.37. The molecule has 0 aliphatic heterocycles. The first-order valence-electron chi connectivity index (χ1n) is 6.17. The molecule has 0 bridgehead atoms. The fourth-order valence-corrected chi connectivity index (χ4v) is 2.50. The van der Waals surface area contributed by atoms with E-state index in [0.717, 1.165) is 12.0 Å². The molecule has 2 N–H and O–H groups in total. The number of benzene rings is 1. The molecule has 0 heterocycles. The van der Waals surface area contributed by atoms with Crippen LogP contribution in [0.3, 0.4) is 0 Å². The van der Waals surface area contributed by atoms with Crippen molar-refractivity contribution in [1.29, 1.82) is 0 Å². The van der Waals surface area contributed by atoms with Gasteiger partial charge in [0.25, 0.3) is 0 Å². The van der Waals surface area contributed by atoms with E-state index >= 15 is 0 Å². The molecule has 1 aromatic rings. The Hall–Kier alpha value is -0.780. The largest absolute Gasteiger partial charge is 0.492 e. The fourth-order valence-electron chi connectivity index (χ4n) is 1.60. The van der Waals surface area contributed by atoms with Crippen molar-refractivity contribution < 1.29 is 13.2 Å². The van der Waals surface area contributed by atoms with Gasteiger partial charge in [-0.15, -0.1) is 0 Å². The first-order chi connectivity index (χ1) is 8.78. The van der Waals surface area contributed by atoms with E-state index in [9.17, 15) is 8.42 Å². The first-order valence-corrected chi connectivity index (χ1v) is 8.26. The number of sulfonamides is 1. The van der Waals surface area contributed by atoms with E-state index in [1.165, 1.54) is 0 Å². The average molecular weight is 306 g/mol. The summed E-state index contributed by atoms with van der Waals surface area (Å²) >= 11 is 6.01. The minimum absolute atomic E-state index is 0.0133. The lowest BCUT2D eigenvalue weighted by molar-refractivity contribution is 0.282. The van der Waals surface area contributed by atoms with Crippen LogP contribution in [0.5, 0.6) is 5.75 Å². The van der Waals surface area contributed by atoms with Crippen LogP contribution < -0.4 is 9.88 Å². The zero-order valence-corrected chi connectivity index (χ0v) is 12.8. The second-order valence-electron chi connectivity index (χ2n) is 4.83. The predicted octanol–water partition coefficient (Wildman–Crippen LogP) is 2.73. The maximum Gasteiger partial charge on any atom is 0.209 e. The summed E-state index contributed by atoms with van der Waals surface area (Å²) < 4.78 is 27.3. The van der Waals surface area contributed by atoms with E-state index in [4.69, 9.17) is 21.5 Å². The standard InChI is InChI=1S/C13H20ClNO3S/c1-10(6-8-19(15,16)17)5-7-18-13-9-11(2)3-4-12(13)14/h3-4,9-10H,5-8H2,1-2H3,(H2,15,16,17). The number of nitrogens with two attached hydrogens (primary N) is 1. The highest BCUT2D eigenvalue weighted by Crippen LogP contribution is 2.25. The van der Waals surface area contributed by atoms with Crippen molar-refractivity contribution in [2.45, 2.75) is 26.7 Å². The van der Waals surface area contributed by atoms with E-state index < -0.39 is 10.0 Å². The van der Waals surface area contributed by atoms with Gasteiger partial charge in [-0.3, -0.25) is 0 Å². The third-order valence-electron chi connectivity index (χ3n) is 2.85. The third kappa shape index (κ3) is 6.80. The number of rotatable bonds is 7. The summed E-state index contributed by atoms with van der Waals surface area (Å²) in [6.45, 7) is 4.46. The van der Waals surface area contributed by atoms with Crippen molar-refractivity contribution in [3.05, 3.63) is 28.8 Å². The van der Waals surface area contributed by atoms with Gasteiger partial charge in [-0.2, -0.15) is 0 Å². The molecule has 0 saturated carbocycles. The SMILES string of the molecule is Cc1ccc(Cl)c(OCCC(C)CCS(N)(=O)=O)c1. The van der Waals surface area contributed by atoms with Crippen LogP contribution in [-0.2, 0) is 10.0 Å². The predicted molar refractivity (Wildman–Crippen MR) is 78.1 cm³/mol. The molecule has 1 aromatic carbocycles. The number of aryl methyl sites for hydroxylation is 1. The van der Waals surface area contributed by atoms with E-state index in [2.05, 4.69) is 0 Å². The highest BCUT2D eigenvalue weighted by molar-refractivity contribution is 7.89. The van der Waals surface area contributed by atoms with Gasteiger partial charge in [-0.1, -0.05) is 24.6 Å². The first kappa shape index (κ1) is 16.3. The van der Waals surface area contributed by atoms with Crippen molar-refractivity contribution in [1.82, 2.24) is 0 Å². The van der Waals surface area contributed by atoms with Gasteiger partial charge >= 0.3 is 0 Å². The molecule has 108 valence electrons. The summed E-state index contributed by atoms with van der Waals surface area (Å²) in [6.07, 6.45) is 1.31. The molecule has 0 saturated heterocycles. The van der Waals surface area contributed by atoms with Crippen molar-refractivity contribution in [2.75, 3.05) is 12.4 Å². The lowest BCUT2D eigenvalue weighted by atomic mass is 10.1. The summed E-state index contributed by atoms with van der Waals surface area (Å²) in [7, 11) is -3.37. The van der Waals surface area contributed by atoms with Crippen LogP contribution in [0.2, 0.25) is 5.02 Å². The van der Waals surface area contributed by atoms with Gasteiger partial charge < -0.3 is 4.74 Å². The van der Waals surface area contributed by atoms with Gasteiger partial charge in [-0.25, -0.2) is 13.6 Å². The molecule has 19 heavy (non-hydrogen) atoms. The molecule has 0 aliphatic carbocycles.